The number of hydroxylamine groups is 2. The van der Waals surface area contributed by atoms with Gasteiger partial charge < -0.3 is 20.1 Å². The molecular formula is C21H22N8OS2. The summed E-state index contributed by atoms with van der Waals surface area (Å²) in [5, 5.41) is 20.4. The molecule has 5 heterocycles. The Morgan fingerprint density at radius 2 is 1.84 bits per heavy atom. The molecular weight excluding hydrogens is 444 g/mol. The molecule has 11 heteroatoms. The van der Waals surface area contributed by atoms with Crippen LogP contribution in [-0.4, -0.2) is 51.1 Å². The van der Waals surface area contributed by atoms with Crippen LogP contribution in [0.15, 0.2) is 42.2 Å². The molecule has 9 nitrogen and oxygen atoms in total. The first-order valence-corrected chi connectivity index (χ1v) is 11.9. The Hall–Kier alpha value is -2.99. The van der Waals surface area contributed by atoms with Crippen molar-refractivity contribution in [3.63, 3.8) is 0 Å². The topological polar surface area (TPSA) is 103 Å². The highest BCUT2D eigenvalue weighted by Gasteiger charge is 2.29. The summed E-state index contributed by atoms with van der Waals surface area (Å²) < 4.78 is -0.401. The van der Waals surface area contributed by atoms with Crippen molar-refractivity contribution in [2.24, 2.45) is 0 Å². The zero-order valence-electron chi connectivity index (χ0n) is 17.7. The molecule has 0 aromatic carbocycles. The predicted molar refractivity (Wildman–Crippen MR) is 129 cm³/mol. The smallest absolute Gasteiger partial charge is 0.225 e. The number of aryl methyl sites for hydroxylation is 2. The molecule has 0 radical (unpaired) electrons. The Morgan fingerprint density at radius 3 is 2.50 bits per heavy atom. The standard InChI is InChI=1S/C21H22N8OS2/c1-14-19(32-15(2)25-14)17-13-31-21(26-17)27-18-5-4-16(12-24-18)29(30)10-8-28(9-11-29)20-22-6-3-7-23-20/h3-7,12-13H,8-11H2,1-2H3,(H,24,26,27). The lowest BCUT2D eigenvalue weighted by molar-refractivity contribution is 0.342. The molecule has 1 fully saturated rings. The Morgan fingerprint density at radius 1 is 1.06 bits per heavy atom. The molecule has 0 bridgehead atoms. The number of thiazole rings is 2. The van der Waals surface area contributed by atoms with Crippen LogP contribution in [0.4, 0.5) is 22.6 Å². The number of anilines is 3. The summed E-state index contributed by atoms with van der Waals surface area (Å²) >= 11 is 3.17. The van der Waals surface area contributed by atoms with Crippen LogP contribution in [0.1, 0.15) is 10.7 Å². The number of rotatable bonds is 5. The summed E-state index contributed by atoms with van der Waals surface area (Å²) in [6.45, 7) is 6.06. The molecule has 0 unspecified atom stereocenters. The number of hydrogen-bond acceptors (Lipinski definition) is 10. The van der Waals surface area contributed by atoms with E-state index in [2.05, 4.69) is 30.2 Å². The molecule has 0 amide bonds. The van der Waals surface area contributed by atoms with E-state index in [0.29, 0.717) is 43.6 Å². The summed E-state index contributed by atoms with van der Waals surface area (Å²) in [6, 6.07) is 5.47. The fraction of sp³-hybridized carbons (Fsp3) is 0.286. The maximum atomic E-state index is 13.4. The summed E-state index contributed by atoms with van der Waals surface area (Å²) in [7, 11) is 0. The molecule has 1 saturated heterocycles. The van der Waals surface area contributed by atoms with Crippen LogP contribution in [-0.2, 0) is 0 Å². The zero-order chi connectivity index (χ0) is 22.1. The normalized spacial score (nSPS) is 15.7. The number of hydrogen-bond donors (Lipinski definition) is 1. The van der Waals surface area contributed by atoms with Crippen molar-refractivity contribution in [1.29, 1.82) is 0 Å². The van der Waals surface area contributed by atoms with Crippen molar-refractivity contribution in [1.82, 2.24) is 29.6 Å². The predicted octanol–water partition coefficient (Wildman–Crippen LogP) is 4.14. The number of nitrogens with zero attached hydrogens (tertiary/aromatic N) is 7. The van der Waals surface area contributed by atoms with Gasteiger partial charge in [-0.3, -0.25) is 0 Å². The van der Waals surface area contributed by atoms with Gasteiger partial charge >= 0.3 is 0 Å². The van der Waals surface area contributed by atoms with Crippen LogP contribution in [0.5, 0.6) is 0 Å². The molecule has 1 N–H and O–H groups in total. The van der Waals surface area contributed by atoms with E-state index in [-0.39, 0.29) is 0 Å². The first-order valence-electron chi connectivity index (χ1n) is 10.2. The van der Waals surface area contributed by atoms with Crippen molar-refractivity contribution in [3.8, 4) is 10.6 Å². The van der Waals surface area contributed by atoms with E-state index in [0.717, 1.165) is 26.4 Å². The van der Waals surface area contributed by atoms with Crippen LogP contribution in [0, 0.1) is 19.1 Å². The van der Waals surface area contributed by atoms with Crippen molar-refractivity contribution in [3.05, 3.63) is 58.1 Å². The molecule has 164 valence electrons. The van der Waals surface area contributed by atoms with Crippen LogP contribution >= 0.6 is 22.7 Å². The van der Waals surface area contributed by atoms with E-state index in [1.165, 1.54) is 11.3 Å². The van der Waals surface area contributed by atoms with Crippen LogP contribution in [0.2, 0.25) is 0 Å². The number of aromatic nitrogens is 5. The SMILES string of the molecule is Cc1nc(C)c(-c2csc(Nc3ccc([N+]4([O-])CCN(c5ncccn5)CC4)cn3)n2)s1. The molecule has 4 aromatic heterocycles. The zero-order valence-corrected chi connectivity index (χ0v) is 19.4. The van der Waals surface area contributed by atoms with Gasteiger partial charge in [-0.1, -0.05) is 0 Å². The average Bonchev–Trinajstić information content (AvgIpc) is 3.40. The van der Waals surface area contributed by atoms with Crippen LogP contribution < -0.4 is 14.9 Å². The lowest BCUT2D eigenvalue weighted by Gasteiger charge is -2.47. The molecule has 0 saturated carbocycles. The molecule has 0 spiro atoms. The third-order valence-electron chi connectivity index (χ3n) is 5.39. The molecule has 0 atom stereocenters. The largest absolute Gasteiger partial charge is 0.627 e. The van der Waals surface area contributed by atoms with E-state index in [4.69, 9.17) is 0 Å². The number of nitrogens with one attached hydrogen (secondary N) is 1. The van der Waals surface area contributed by atoms with Gasteiger partial charge in [0.15, 0.2) is 10.8 Å². The minimum Gasteiger partial charge on any atom is -0.627 e. The van der Waals surface area contributed by atoms with Crippen molar-refractivity contribution >= 4 is 45.3 Å². The highest BCUT2D eigenvalue weighted by molar-refractivity contribution is 7.16. The van der Waals surface area contributed by atoms with E-state index < -0.39 is 4.65 Å². The van der Waals surface area contributed by atoms with Gasteiger partial charge in [0.1, 0.15) is 18.9 Å². The number of pyridine rings is 1. The minimum absolute atomic E-state index is 0.401. The van der Waals surface area contributed by atoms with E-state index >= 15 is 0 Å². The van der Waals surface area contributed by atoms with Crippen LogP contribution in [0.3, 0.4) is 0 Å². The van der Waals surface area contributed by atoms with Crippen molar-refractivity contribution in [2.75, 3.05) is 36.4 Å². The number of quaternary nitrogens is 1. The van der Waals surface area contributed by atoms with Gasteiger partial charge in [-0.2, -0.15) is 0 Å². The van der Waals surface area contributed by atoms with E-state index in [1.54, 1.807) is 36.0 Å². The third-order valence-corrected chi connectivity index (χ3v) is 7.24. The van der Waals surface area contributed by atoms with Gasteiger partial charge in [0.05, 0.1) is 40.6 Å². The lowest BCUT2D eigenvalue weighted by atomic mass is 10.2. The first-order chi connectivity index (χ1) is 15.5. The van der Waals surface area contributed by atoms with E-state index in [9.17, 15) is 5.21 Å². The second-order valence-electron chi connectivity index (χ2n) is 7.58. The van der Waals surface area contributed by atoms with Gasteiger partial charge in [0, 0.05) is 23.8 Å². The van der Waals surface area contributed by atoms with Gasteiger partial charge in [-0.05, 0) is 26.0 Å². The second kappa shape index (κ2) is 8.51. The van der Waals surface area contributed by atoms with Gasteiger partial charge in [0.2, 0.25) is 5.95 Å². The molecule has 32 heavy (non-hydrogen) atoms. The monoisotopic (exact) mass is 466 g/mol. The Balaban J connectivity index is 1.24. The molecule has 4 aromatic rings. The summed E-state index contributed by atoms with van der Waals surface area (Å²) in [4.78, 5) is 25.3. The maximum Gasteiger partial charge on any atom is 0.225 e. The van der Waals surface area contributed by atoms with Gasteiger partial charge in [-0.15, -0.1) is 22.7 Å². The fourth-order valence-electron chi connectivity index (χ4n) is 3.72. The highest BCUT2D eigenvalue weighted by atomic mass is 32.1. The van der Waals surface area contributed by atoms with Crippen LogP contribution in [0.25, 0.3) is 10.6 Å². The molecule has 1 aliphatic heterocycles. The van der Waals surface area contributed by atoms with E-state index in [1.807, 2.05) is 36.3 Å². The van der Waals surface area contributed by atoms with Gasteiger partial charge in [-0.25, -0.2) is 24.9 Å². The van der Waals surface area contributed by atoms with Gasteiger partial charge in [0.25, 0.3) is 0 Å². The summed E-state index contributed by atoms with van der Waals surface area (Å²) in [5.41, 5.74) is 2.57. The first kappa shape index (κ1) is 20.9. The average molecular weight is 467 g/mol. The molecule has 0 aliphatic carbocycles. The quantitative estimate of drug-likeness (QED) is 0.346. The minimum atomic E-state index is -0.401. The maximum absolute atomic E-state index is 13.4. The Bertz CT molecular complexity index is 1200. The van der Waals surface area contributed by atoms with Crippen molar-refractivity contribution < 1.29 is 0 Å². The Kier molecular flexibility index (Phi) is 5.55. The lowest BCUT2D eigenvalue weighted by Crippen LogP contribution is -2.57. The third kappa shape index (κ3) is 4.19. The summed E-state index contributed by atoms with van der Waals surface area (Å²) in [6.07, 6.45) is 5.10. The summed E-state index contributed by atoms with van der Waals surface area (Å²) in [5.74, 6) is 1.33. The Labute approximate surface area is 193 Å². The number of piperazine rings is 1. The fourth-order valence-corrected chi connectivity index (χ4v) is 5.38. The molecule has 5 rings (SSSR count). The molecule has 1 aliphatic rings. The highest BCUT2D eigenvalue weighted by Crippen LogP contribution is 2.33. The van der Waals surface area contributed by atoms with Crippen molar-refractivity contribution in [2.45, 2.75) is 13.8 Å². The second-order valence-corrected chi connectivity index (χ2v) is 9.65.